The maximum atomic E-state index is 13.0. The summed E-state index contributed by atoms with van der Waals surface area (Å²) in [5.74, 6) is -1.30. The molecule has 0 fully saturated rings. The number of aromatic nitrogens is 1. The zero-order valence-electron chi connectivity index (χ0n) is 17.2. The molecule has 33 heavy (non-hydrogen) atoms. The van der Waals surface area contributed by atoms with E-state index >= 15 is 0 Å². The lowest BCUT2D eigenvalue weighted by atomic mass is 10.1. The predicted octanol–water partition coefficient (Wildman–Crippen LogP) is 0.598. The van der Waals surface area contributed by atoms with E-state index in [1.54, 1.807) is 0 Å². The van der Waals surface area contributed by atoms with Crippen LogP contribution in [0.25, 0.3) is 0 Å². The number of carbonyl (C=O) groups excluding carboxylic acids is 1. The SMILES string of the molecule is Cc1ccc(NS(=O)(=O)c2cccc(C(F)(F)F)c2)c(=O)n1C(CCON=C(N)N)C(N)=O. The molecule has 2 rings (SSSR count). The van der Waals surface area contributed by atoms with Gasteiger partial charge in [-0.05, 0) is 42.4 Å². The van der Waals surface area contributed by atoms with Crippen molar-refractivity contribution in [2.45, 2.75) is 30.5 Å². The van der Waals surface area contributed by atoms with Crippen molar-refractivity contribution in [3.8, 4) is 0 Å². The van der Waals surface area contributed by atoms with Gasteiger partial charge in [0.25, 0.3) is 15.6 Å². The molecule has 0 aliphatic heterocycles. The highest BCUT2D eigenvalue weighted by Crippen LogP contribution is 2.30. The topological polar surface area (TPSA) is 185 Å². The van der Waals surface area contributed by atoms with E-state index in [-0.39, 0.29) is 24.7 Å². The average molecular weight is 490 g/mol. The Morgan fingerprint density at radius 1 is 1.21 bits per heavy atom. The number of hydrogen-bond donors (Lipinski definition) is 4. The predicted molar refractivity (Wildman–Crippen MR) is 112 cm³/mol. The minimum atomic E-state index is -4.77. The van der Waals surface area contributed by atoms with Crippen LogP contribution in [-0.2, 0) is 25.8 Å². The van der Waals surface area contributed by atoms with E-state index in [0.29, 0.717) is 12.1 Å². The second-order valence-corrected chi connectivity index (χ2v) is 8.43. The highest BCUT2D eigenvalue weighted by Gasteiger charge is 2.32. The van der Waals surface area contributed by atoms with Gasteiger partial charge in [-0.25, -0.2) is 8.42 Å². The number of rotatable bonds is 9. The number of pyridine rings is 1. The van der Waals surface area contributed by atoms with Gasteiger partial charge in [0, 0.05) is 12.1 Å². The highest BCUT2D eigenvalue weighted by atomic mass is 32.2. The second-order valence-electron chi connectivity index (χ2n) is 6.75. The molecule has 0 saturated heterocycles. The van der Waals surface area contributed by atoms with E-state index in [2.05, 4.69) is 5.16 Å². The molecule has 180 valence electrons. The Bertz CT molecular complexity index is 1220. The third kappa shape index (κ3) is 6.38. The maximum Gasteiger partial charge on any atom is 0.416 e. The number of anilines is 1. The first-order valence-electron chi connectivity index (χ1n) is 9.16. The van der Waals surface area contributed by atoms with Crippen molar-refractivity contribution in [3.05, 3.63) is 58.0 Å². The lowest BCUT2D eigenvalue weighted by molar-refractivity contribution is -0.137. The van der Waals surface area contributed by atoms with E-state index in [9.17, 15) is 31.2 Å². The fourth-order valence-corrected chi connectivity index (χ4v) is 3.94. The van der Waals surface area contributed by atoms with Gasteiger partial charge in [-0.15, -0.1) is 0 Å². The number of nitrogens with zero attached hydrogens (tertiary/aromatic N) is 2. The molecule has 0 aliphatic carbocycles. The molecule has 1 heterocycles. The summed E-state index contributed by atoms with van der Waals surface area (Å²) in [6.45, 7) is 1.26. The number of oxime groups is 1. The second kappa shape index (κ2) is 9.81. The molecular formula is C18H21F3N6O5S. The summed E-state index contributed by atoms with van der Waals surface area (Å²) in [5.41, 5.74) is 13.2. The summed E-state index contributed by atoms with van der Waals surface area (Å²) in [5, 5.41) is 3.28. The van der Waals surface area contributed by atoms with Gasteiger partial charge in [-0.2, -0.15) is 13.2 Å². The zero-order valence-corrected chi connectivity index (χ0v) is 18.0. The van der Waals surface area contributed by atoms with Crippen LogP contribution >= 0.6 is 0 Å². The first kappa shape index (κ1) is 25.5. The smallest absolute Gasteiger partial charge is 0.393 e. The summed E-state index contributed by atoms with van der Waals surface area (Å²) in [6, 6.07) is 4.19. The molecule has 1 aromatic heterocycles. The molecular weight excluding hydrogens is 469 g/mol. The number of sulfonamides is 1. The Morgan fingerprint density at radius 2 is 1.88 bits per heavy atom. The number of halogens is 3. The van der Waals surface area contributed by atoms with Crippen molar-refractivity contribution in [2.75, 3.05) is 11.3 Å². The van der Waals surface area contributed by atoms with E-state index in [4.69, 9.17) is 22.0 Å². The number of aryl methyl sites for hydroxylation is 1. The molecule has 1 amide bonds. The van der Waals surface area contributed by atoms with Crippen molar-refractivity contribution >= 4 is 27.6 Å². The molecule has 7 N–H and O–H groups in total. The number of hydrogen-bond acceptors (Lipinski definition) is 6. The number of benzene rings is 1. The van der Waals surface area contributed by atoms with Gasteiger partial charge in [0.15, 0.2) is 0 Å². The highest BCUT2D eigenvalue weighted by molar-refractivity contribution is 7.92. The molecule has 1 aromatic carbocycles. The molecule has 1 atom stereocenters. The molecule has 0 aliphatic rings. The summed E-state index contributed by atoms with van der Waals surface area (Å²) in [4.78, 5) is 29.0. The van der Waals surface area contributed by atoms with Crippen LogP contribution in [0, 0.1) is 6.92 Å². The number of amides is 1. The monoisotopic (exact) mass is 490 g/mol. The maximum absolute atomic E-state index is 13.0. The third-order valence-electron chi connectivity index (χ3n) is 4.33. The van der Waals surface area contributed by atoms with Gasteiger partial charge < -0.3 is 22.0 Å². The van der Waals surface area contributed by atoms with E-state index in [0.717, 1.165) is 22.8 Å². The molecule has 2 aromatic rings. The standard InChI is InChI=1S/C18H21F3N6O5S/c1-10-5-6-13(16(29)27(10)14(15(22)28)7-8-32-25-17(23)24)26-33(30,31)12-4-2-3-11(9-12)18(19,20)21/h2-6,9,14,26H,7-8H2,1H3,(H2,22,28)(H4,23,24,25). The molecule has 15 heteroatoms. The molecule has 1 unspecified atom stereocenters. The van der Waals surface area contributed by atoms with Crippen molar-refractivity contribution in [1.29, 1.82) is 0 Å². The largest absolute Gasteiger partial charge is 0.416 e. The Hall–Kier alpha value is -3.75. The third-order valence-corrected chi connectivity index (χ3v) is 5.69. The van der Waals surface area contributed by atoms with Gasteiger partial charge >= 0.3 is 6.18 Å². The average Bonchev–Trinajstić information content (AvgIpc) is 2.71. The van der Waals surface area contributed by atoms with Crippen LogP contribution in [0.2, 0.25) is 0 Å². The van der Waals surface area contributed by atoms with Crippen LogP contribution in [0.3, 0.4) is 0 Å². The quantitative estimate of drug-likeness (QED) is 0.171. The molecule has 0 bridgehead atoms. The Balaban J connectivity index is 2.42. The number of carbonyl (C=O) groups is 1. The van der Waals surface area contributed by atoms with Crippen molar-refractivity contribution in [3.63, 3.8) is 0 Å². The summed E-state index contributed by atoms with van der Waals surface area (Å²) >= 11 is 0. The number of nitrogens with two attached hydrogens (primary N) is 3. The number of primary amides is 1. The summed E-state index contributed by atoms with van der Waals surface area (Å²) in [6.07, 6.45) is -4.91. The minimum absolute atomic E-state index is 0.142. The van der Waals surface area contributed by atoms with Gasteiger partial charge in [-0.3, -0.25) is 18.9 Å². The molecule has 0 radical (unpaired) electrons. The van der Waals surface area contributed by atoms with Gasteiger partial charge in [0.1, 0.15) is 18.3 Å². The first-order chi connectivity index (χ1) is 15.2. The van der Waals surface area contributed by atoms with Crippen LogP contribution in [-0.4, -0.2) is 31.5 Å². The lowest BCUT2D eigenvalue weighted by Crippen LogP contribution is -2.37. The zero-order chi connectivity index (χ0) is 25.0. The van der Waals surface area contributed by atoms with Crippen molar-refractivity contribution < 1.29 is 31.2 Å². The number of nitrogens with one attached hydrogen (secondary N) is 1. The summed E-state index contributed by atoms with van der Waals surface area (Å²) < 4.78 is 67.0. The van der Waals surface area contributed by atoms with Crippen LogP contribution in [0.4, 0.5) is 18.9 Å². The normalized spacial score (nSPS) is 12.6. The Morgan fingerprint density at radius 3 is 2.45 bits per heavy atom. The van der Waals surface area contributed by atoms with Gasteiger partial charge in [0.2, 0.25) is 11.9 Å². The minimum Gasteiger partial charge on any atom is -0.393 e. The summed E-state index contributed by atoms with van der Waals surface area (Å²) in [7, 11) is -4.57. The van der Waals surface area contributed by atoms with Crippen LogP contribution in [0.5, 0.6) is 0 Å². The van der Waals surface area contributed by atoms with E-state index < -0.39 is 49.9 Å². The molecule has 11 nitrogen and oxygen atoms in total. The Labute approximate surface area is 186 Å². The number of alkyl halides is 3. The van der Waals surface area contributed by atoms with Crippen molar-refractivity contribution in [2.24, 2.45) is 22.4 Å². The van der Waals surface area contributed by atoms with Crippen LogP contribution < -0.4 is 27.5 Å². The lowest BCUT2D eigenvalue weighted by Gasteiger charge is -2.20. The fraction of sp³-hybridized carbons (Fsp3) is 0.278. The molecule has 0 saturated carbocycles. The van der Waals surface area contributed by atoms with Crippen molar-refractivity contribution in [1.82, 2.24) is 4.57 Å². The molecule has 0 spiro atoms. The first-order valence-corrected chi connectivity index (χ1v) is 10.6. The Kier molecular flexibility index (Phi) is 7.58. The van der Waals surface area contributed by atoms with E-state index in [1.165, 1.54) is 13.0 Å². The van der Waals surface area contributed by atoms with Gasteiger partial charge in [-0.1, -0.05) is 6.07 Å². The van der Waals surface area contributed by atoms with Gasteiger partial charge in [0.05, 0.1) is 10.5 Å². The van der Waals surface area contributed by atoms with E-state index in [1.807, 2.05) is 4.72 Å². The van der Waals surface area contributed by atoms with Crippen LogP contribution in [0.1, 0.15) is 23.7 Å². The number of guanidine groups is 1. The van der Waals surface area contributed by atoms with Crippen LogP contribution in [0.15, 0.2) is 51.2 Å². The fourth-order valence-electron chi connectivity index (χ4n) is 2.84.